The summed E-state index contributed by atoms with van der Waals surface area (Å²) in [7, 11) is 0. The number of ether oxygens (including phenoxy) is 1. The van der Waals surface area contributed by atoms with Crippen LogP contribution in [0.15, 0.2) is 36.9 Å². The number of morpholine rings is 1. The normalized spacial score (nSPS) is 16.4. The molecule has 0 saturated carbocycles. The molecule has 3 rings (SSSR count). The summed E-state index contributed by atoms with van der Waals surface area (Å²) in [6, 6.07) is 7.76. The van der Waals surface area contributed by atoms with Crippen LogP contribution in [0.25, 0.3) is 5.69 Å². The van der Waals surface area contributed by atoms with Gasteiger partial charge in [-0.2, -0.15) is 5.10 Å². The summed E-state index contributed by atoms with van der Waals surface area (Å²) in [6.45, 7) is 8.53. The van der Waals surface area contributed by atoms with Crippen molar-refractivity contribution in [3.63, 3.8) is 0 Å². The van der Waals surface area contributed by atoms with Crippen molar-refractivity contribution in [1.29, 1.82) is 0 Å². The Bertz CT molecular complexity index is 692. The van der Waals surface area contributed by atoms with Gasteiger partial charge in [0.05, 0.1) is 18.9 Å². The van der Waals surface area contributed by atoms with E-state index < -0.39 is 0 Å². The molecule has 1 N–H and O–H groups in total. The molecule has 1 aliphatic heterocycles. The molecule has 2 heterocycles. The molecule has 1 aromatic heterocycles. The highest BCUT2D eigenvalue weighted by Crippen LogP contribution is 2.20. The van der Waals surface area contributed by atoms with Crippen LogP contribution < -0.4 is 5.32 Å². The van der Waals surface area contributed by atoms with Gasteiger partial charge in [-0.3, -0.25) is 9.69 Å². The number of nitrogens with zero attached hydrogens (tertiary/aromatic N) is 4. The van der Waals surface area contributed by atoms with E-state index in [0.29, 0.717) is 24.1 Å². The molecule has 0 bridgehead atoms. The minimum Gasteiger partial charge on any atom is -0.379 e. The maximum absolute atomic E-state index is 12.6. The van der Waals surface area contributed by atoms with Crippen LogP contribution >= 0.6 is 0 Å². The van der Waals surface area contributed by atoms with Crippen LogP contribution in [0.2, 0.25) is 0 Å². The first-order chi connectivity index (χ1) is 13.2. The number of carbonyl (C=O) groups is 1. The third-order valence-corrected chi connectivity index (χ3v) is 5.39. The minimum atomic E-state index is -0.0376. The first-order valence-corrected chi connectivity index (χ1v) is 9.78. The number of amides is 1. The van der Waals surface area contributed by atoms with Gasteiger partial charge in [0.15, 0.2) is 0 Å². The molecule has 1 unspecified atom stereocenters. The third kappa shape index (κ3) is 4.93. The van der Waals surface area contributed by atoms with Gasteiger partial charge in [-0.25, -0.2) is 9.67 Å². The van der Waals surface area contributed by atoms with Gasteiger partial charge >= 0.3 is 0 Å². The summed E-state index contributed by atoms with van der Waals surface area (Å²) < 4.78 is 7.16. The van der Waals surface area contributed by atoms with Crippen molar-refractivity contribution < 1.29 is 9.53 Å². The average molecular weight is 371 g/mol. The van der Waals surface area contributed by atoms with Gasteiger partial charge in [0.2, 0.25) is 0 Å². The Kier molecular flexibility index (Phi) is 6.95. The van der Waals surface area contributed by atoms with Gasteiger partial charge in [0.1, 0.15) is 12.7 Å². The van der Waals surface area contributed by atoms with Crippen molar-refractivity contribution in [1.82, 2.24) is 25.0 Å². The number of benzene rings is 1. The fourth-order valence-corrected chi connectivity index (χ4v) is 3.74. The SMILES string of the molecule is CCC(CC)C(CNC(=O)c1ccc(-n2cncn2)cc1)N1CCOCC1. The van der Waals surface area contributed by atoms with E-state index in [-0.39, 0.29) is 5.91 Å². The molecule has 7 nitrogen and oxygen atoms in total. The lowest BCUT2D eigenvalue weighted by Crippen LogP contribution is -2.52. The zero-order chi connectivity index (χ0) is 19.1. The van der Waals surface area contributed by atoms with E-state index in [0.717, 1.165) is 44.8 Å². The molecule has 1 amide bonds. The highest BCUT2D eigenvalue weighted by molar-refractivity contribution is 5.94. The van der Waals surface area contributed by atoms with E-state index in [4.69, 9.17) is 4.74 Å². The third-order valence-electron chi connectivity index (χ3n) is 5.39. The Morgan fingerprint density at radius 3 is 2.48 bits per heavy atom. The van der Waals surface area contributed by atoms with Crippen molar-refractivity contribution in [2.45, 2.75) is 32.7 Å². The first-order valence-electron chi connectivity index (χ1n) is 9.78. The van der Waals surface area contributed by atoms with Crippen molar-refractivity contribution in [3.05, 3.63) is 42.5 Å². The predicted molar refractivity (Wildman–Crippen MR) is 104 cm³/mol. The largest absolute Gasteiger partial charge is 0.379 e. The van der Waals surface area contributed by atoms with E-state index >= 15 is 0 Å². The molecule has 27 heavy (non-hydrogen) atoms. The maximum Gasteiger partial charge on any atom is 0.251 e. The van der Waals surface area contributed by atoms with Gasteiger partial charge in [0, 0.05) is 31.2 Å². The lowest BCUT2D eigenvalue weighted by atomic mass is 9.92. The summed E-state index contributed by atoms with van der Waals surface area (Å²) in [5.41, 5.74) is 1.54. The van der Waals surface area contributed by atoms with Crippen molar-refractivity contribution in [2.75, 3.05) is 32.8 Å². The number of aromatic nitrogens is 3. The van der Waals surface area contributed by atoms with Crippen LogP contribution in [0, 0.1) is 5.92 Å². The summed E-state index contributed by atoms with van der Waals surface area (Å²) in [5.74, 6) is 0.530. The molecule has 1 saturated heterocycles. The second-order valence-electron chi connectivity index (χ2n) is 6.89. The fourth-order valence-electron chi connectivity index (χ4n) is 3.74. The Hall–Kier alpha value is -2.25. The van der Waals surface area contributed by atoms with Crippen LogP contribution in [-0.2, 0) is 4.74 Å². The lowest BCUT2D eigenvalue weighted by Gasteiger charge is -2.38. The summed E-state index contributed by atoms with van der Waals surface area (Å²) in [4.78, 5) is 19.0. The van der Waals surface area contributed by atoms with Gasteiger partial charge in [0.25, 0.3) is 5.91 Å². The monoisotopic (exact) mass is 371 g/mol. The van der Waals surface area contributed by atoms with E-state index in [1.165, 1.54) is 6.33 Å². The standard InChI is InChI=1S/C20H29N5O2/c1-3-16(4-2)19(24-9-11-27-12-10-24)13-22-20(26)17-5-7-18(8-6-17)25-15-21-14-23-25/h5-8,14-16,19H,3-4,9-13H2,1-2H3,(H,22,26). The number of nitrogens with one attached hydrogen (secondary N) is 1. The Labute approximate surface area is 160 Å². The van der Waals surface area contributed by atoms with E-state index in [2.05, 4.69) is 34.1 Å². The van der Waals surface area contributed by atoms with Crippen molar-refractivity contribution in [3.8, 4) is 5.69 Å². The topological polar surface area (TPSA) is 72.3 Å². The van der Waals surface area contributed by atoms with Gasteiger partial charge < -0.3 is 10.1 Å². The van der Waals surface area contributed by atoms with Crippen molar-refractivity contribution >= 4 is 5.91 Å². The molecule has 0 spiro atoms. The smallest absolute Gasteiger partial charge is 0.251 e. The quantitative estimate of drug-likeness (QED) is 0.770. The fraction of sp³-hybridized carbons (Fsp3) is 0.550. The van der Waals surface area contributed by atoms with Crippen LogP contribution in [0.4, 0.5) is 0 Å². The molecule has 146 valence electrons. The number of hydrogen-bond acceptors (Lipinski definition) is 5. The Balaban J connectivity index is 1.62. The zero-order valence-electron chi connectivity index (χ0n) is 16.2. The predicted octanol–water partition coefficient (Wildman–Crippen LogP) is 2.13. The lowest BCUT2D eigenvalue weighted by molar-refractivity contribution is 0.00191. The number of rotatable bonds is 8. The molecule has 1 aliphatic rings. The Morgan fingerprint density at radius 2 is 1.89 bits per heavy atom. The first kappa shape index (κ1) is 19.5. The summed E-state index contributed by atoms with van der Waals surface area (Å²) in [6.07, 6.45) is 5.35. The summed E-state index contributed by atoms with van der Waals surface area (Å²) >= 11 is 0. The van der Waals surface area contributed by atoms with Crippen LogP contribution in [0.3, 0.4) is 0 Å². The van der Waals surface area contributed by atoms with E-state index in [1.807, 2.05) is 24.3 Å². The molecule has 1 aromatic carbocycles. The second kappa shape index (κ2) is 9.62. The number of hydrogen-bond donors (Lipinski definition) is 1. The van der Waals surface area contributed by atoms with Crippen LogP contribution in [0.1, 0.15) is 37.0 Å². The summed E-state index contributed by atoms with van der Waals surface area (Å²) in [5, 5.41) is 7.24. The van der Waals surface area contributed by atoms with Crippen LogP contribution in [-0.4, -0.2) is 64.5 Å². The maximum atomic E-state index is 12.6. The molecule has 0 radical (unpaired) electrons. The van der Waals surface area contributed by atoms with Gasteiger partial charge in [-0.05, 0) is 30.2 Å². The second-order valence-corrected chi connectivity index (χ2v) is 6.89. The molecule has 1 fully saturated rings. The Morgan fingerprint density at radius 1 is 1.19 bits per heavy atom. The molecular formula is C20H29N5O2. The minimum absolute atomic E-state index is 0.0376. The molecular weight excluding hydrogens is 342 g/mol. The molecule has 1 atom stereocenters. The molecule has 7 heteroatoms. The van der Waals surface area contributed by atoms with Gasteiger partial charge in [-0.15, -0.1) is 0 Å². The molecule has 2 aromatic rings. The average Bonchev–Trinajstić information content (AvgIpc) is 3.26. The zero-order valence-corrected chi connectivity index (χ0v) is 16.2. The van der Waals surface area contributed by atoms with Crippen molar-refractivity contribution in [2.24, 2.45) is 5.92 Å². The highest BCUT2D eigenvalue weighted by atomic mass is 16.5. The van der Waals surface area contributed by atoms with E-state index in [1.54, 1.807) is 11.0 Å². The van der Waals surface area contributed by atoms with E-state index in [9.17, 15) is 4.79 Å². The van der Waals surface area contributed by atoms with Crippen LogP contribution in [0.5, 0.6) is 0 Å². The highest BCUT2D eigenvalue weighted by Gasteiger charge is 2.27. The number of carbonyl (C=O) groups excluding carboxylic acids is 1. The molecule has 0 aliphatic carbocycles. The van der Waals surface area contributed by atoms with Gasteiger partial charge in [-0.1, -0.05) is 26.7 Å².